The van der Waals surface area contributed by atoms with Crippen LogP contribution in [0.25, 0.3) is 0 Å². The number of carbonyl (C=O) groups is 2. The minimum Gasteiger partial charge on any atom is -0.439 e. The molecule has 1 spiro atoms. The van der Waals surface area contributed by atoms with Crippen molar-refractivity contribution in [2.45, 2.75) is 67.5 Å². The molecule has 4 heterocycles. The highest BCUT2D eigenvalue weighted by molar-refractivity contribution is 7.92. The first-order valence-electron chi connectivity index (χ1n) is 12.1. The third kappa shape index (κ3) is 3.43. The van der Waals surface area contributed by atoms with E-state index in [4.69, 9.17) is 9.57 Å². The van der Waals surface area contributed by atoms with E-state index in [0.717, 1.165) is 31.1 Å². The molecule has 5 rings (SSSR count). The normalized spacial score (nSPS) is 33.3. The Morgan fingerprint density at radius 1 is 1.26 bits per heavy atom. The van der Waals surface area contributed by atoms with Crippen LogP contribution in [0, 0.1) is 24.7 Å². The molecule has 4 saturated heterocycles. The predicted octanol–water partition coefficient (Wildman–Crippen LogP) is 3.46. The van der Waals surface area contributed by atoms with E-state index in [0.29, 0.717) is 25.8 Å². The highest BCUT2D eigenvalue weighted by atomic mass is 32.2. The summed E-state index contributed by atoms with van der Waals surface area (Å²) >= 11 is 0. The van der Waals surface area contributed by atoms with Crippen LogP contribution < -0.4 is 0 Å². The molecule has 0 radical (unpaired) electrons. The number of piperidine rings is 1. The van der Waals surface area contributed by atoms with Gasteiger partial charge in [0.2, 0.25) is 0 Å². The van der Waals surface area contributed by atoms with Gasteiger partial charge < -0.3 is 9.53 Å². The number of benzene rings is 1. The molecule has 9 heteroatoms. The molecule has 4 fully saturated rings. The Bertz CT molecular complexity index is 1070. The Balaban J connectivity index is 1.45. The summed E-state index contributed by atoms with van der Waals surface area (Å²) < 4.78 is 33.0. The fraction of sp³-hybridized carbons (Fsp3) is 0.600. The zero-order valence-corrected chi connectivity index (χ0v) is 20.3. The molecule has 8 nitrogen and oxygen atoms in total. The summed E-state index contributed by atoms with van der Waals surface area (Å²) in [6, 6.07) is 6.84. The van der Waals surface area contributed by atoms with Gasteiger partial charge in [0.15, 0.2) is 21.6 Å². The van der Waals surface area contributed by atoms with Gasteiger partial charge in [-0.2, -0.15) is 0 Å². The molecule has 1 aromatic carbocycles. The number of hydroxylamine groups is 2. The van der Waals surface area contributed by atoms with Crippen molar-refractivity contribution in [2.24, 2.45) is 17.8 Å². The molecule has 4 aliphatic heterocycles. The van der Waals surface area contributed by atoms with Crippen molar-refractivity contribution < 1.29 is 27.6 Å². The maximum Gasteiger partial charge on any atom is 0.411 e. The number of unbranched alkanes of at least 4 members (excludes halogenated alkanes) is 1. The highest BCUT2D eigenvalue weighted by Crippen LogP contribution is 2.58. The third-order valence-corrected chi connectivity index (χ3v) is 10.2. The molecule has 1 amide bonds. The topological polar surface area (TPSA) is 93.2 Å². The molecule has 0 bridgehead atoms. The van der Waals surface area contributed by atoms with Crippen molar-refractivity contribution in [2.75, 3.05) is 13.2 Å². The minimum atomic E-state index is -3.73. The van der Waals surface area contributed by atoms with Crippen molar-refractivity contribution in [3.63, 3.8) is 0 Å². The first-order valence-corrected chi connectivity index (χ1v) is 13.7. The van der Waals surface area contributed by atoms with Crippen LogP contribution in [0.1, 0.15) is 44.1 Å². The lowest BCUT2D eigenvalue weighted by atomic mass is 9.74. The van der Waals surface area contributed by atoms with E-state index in [1.54, 1.807) is 34.2 Å². The van der Waals surface area contributed by atoms with Gasteiger partial charge in [0, 0.05) is 18.4 Å². The second-order valence-corrected chi connectivity index (χ2v) is 12.1. The number of rotatable bonds is 9. The maximum atomic E-state index is 13.7. The lowest BCUT2D eigenvalue weighted by Gasteiger charge is -2.47. The summed E-state index contributed by atoms with van der Waals surface area (Å²) in [6.07, 6.45) is 6.16. The molecular weight excluding hydrogens is 456 g/mol. The van der Waals surface area contributed by atoms with E-state index < -0.39 is 33.1 Å². The number of carbonyl (C=O) groups excluding carboxylic acids is 2. The standard InChI is InChI=1S/C25H32N2O6S/c1-3-4-5-6-18(15-28)13-19-14-26-24(29)33-22-16-32-27-23(12-11-21(19)25(22,26)27)34(30,31)20-9-7-17(2)8-10-20/h3,7-10,15,18-19,21-23H,1,4-6,11-14,16H2,2H3/t18?,19-,21+,22-,23?,25+/m1/s1. The number of nitrogens with zero attached hydrogens (tertiary/aromatic N) is 2. The fourth-order valence-corrected chi connectivity index (χ4v) is 8.31. The maximum absolute atomic E-state index is 13.7. The van der Waals surface area contributed by atoms with Gasteiger partial charge in [0.1, 0.15) is 18.3 Å². The van der Waals surface area contributed by atoms with Crippen LogP contribution >= 0.6 is 0 Å². The van der Waals surface area contributed by atoms with Crippen molar-refractivity contribution in [3.8, 4) is 0 Å². The van der Waals surface area contributed by atoms with Gasteiger partial charge in [-0.25, -0.2) is 13.2 Å². The Morgan fingerprint density at radius 3 is 2.74 bits per heavy atom. The van der Waals surface area contributed by atoms with E-state index in [1.807, 2.05) is 13.0 Å². The van der Waals surface area contributed by atoms with Gasteiger partial charge in [-0.15, -0.1) is 11.6 Å². The van der Waals surface area contributed by atoms with Gasteiger partial charge in [-0.1, -0.05) is 23.8 Å². The molecule has 1 aromatic rings. The Labute approximate surface area is 200 Å². The zero-order chi connectivity index (χ0) is 24.1. The van der Waals surface area contributed by atoms with Crippen LogP contribution in [0.5, 0.6) is 0 Å². The molecule has 0 aromatic heterocycles. The summed E-state index contributed by atoms with van der Waals surface area (Å²) in [5.74, 6) is -0.0279. The number of amides is 1. The molecule has 0 aliphatic carbocycles. The molecule has 4 aliphatic rings. The number of allylic oxidation sites excluding steroid dienone is 1. The molecule has 6 atom stereocenters. The third-order valence-electron chi connectivity index (χ3n) is 8.09. The quantitative estimate of drug-likeness (QED) is 0.299. The number of sulfone groups is 1. The van der Waals surface area contributed by atoms with E-state index in [2.05, 4.69) is 6.58 Å². The molecule has 0 saturated carbocycles. The second-order valence-electron chi connectivity index (χ2n) is 10.00. The number of hydrogen-bond acceptors (Lipinski definition) is 7. The molecule has 184 valence electrons. The molecule has 34 heavy (non-hydrogen) atoms. The van der Waals surface area contributed by atoms with Gasteiger partial charge in [-0.05, 0) is 63.5 Å². The zero-order valence-electron chi connectivity index (χ0n) is 19.5. The largest absolute Gasteiger partial charge is 0.439 e. The Morgan fingerprint density at radius 2 is 2.03 bits per heavy atom. The predicted molar refractivity (Wildman–Crippen MR) is 124 cm³/mol. The summed E-state index contributed by atoms with van der Waals surface area (Å²) in [5.41, 5.74) is 0.0490. The van der Waals surface area contributed by atoms with Crippen LogP contribution in [0.15, 0.2) is 41.8 Å². The molecule has 2 unspecified atom stereocenters. The highest BCUT2D eigenvalue weighted by Gasteiger charge is 2.75. The summed E-state index contributed by atoms with van der Waals surface area (Å²) in [6.45, 7) is 6.25. The SMILES string of the molecule is C=CCCCC(C=O)C[C@@H]1CN2C(=O)O[C@@H]3CON4C(S(=O)(=O)c5ccc(C)cc5)CC[C@@H]1[C@]324. The van der Waals surface area contributed by atoms with Crippen LogP contribution in [-0.2, 0) is 24.2 Å². The van der Waals surface area contributed by atoms with Crippen molar-refractivity contribution >= 4 is 22.2 Å². The van der Waals surface area contributed by atoms with Crippen LogP contribution in [0.3, 0.4) is 0 Å². The molecular formula is C25H32N2O6S. The Hall–Kier alpha value is -2.23. The van der Waals surface area contributed by atoms with E-state index >= 15 is 0 Å². The summed E-state index contributed by atoms with van der Waals surface area (Å²) in [4.78, 5) is 32.6. The number of aryl methyl sites for hydroxylation is 1. The van der Waals surface area contributed by atoms with Crippen LogP contribution in [0.4, 0.5) is 4.79 Å². The minimum absolute atomic E-state index is 0.0160. The lowest BCUT2D eigenvalue weighted by molar-refractivity contribution is -0.227. The number of ether oxygens (including phenoxy) is 1. The number of hydrogen-bond donors (Lipinski definition) is 0. The van der Waals surface area contributed by atoms with Crippen molar-refractivity contribution in [3.05, 3.63) is 42.5 Å². The average Bonchev–Trinajstić information content (AvgIpc) is 3.43. The fourth-order valence-electron chi connectivity index (χ4n) is 6.55. The van der Waals surface area contributed by atoms with Crippen molar-refractivity contribution in [1.29, 1.82) is 0 Å². The summed E-state index contributed by atoms with van der Waals surface area (Å²) in [5, 5.41) is 0.668. The van der Waals surface area contributed by atoms with Gasteiger partial charge in [0.25, 0.3) is 0 Å². The van der Waals surface area contributed by atoms with Gasteiger partial charge >= 0.3 is 6.09 Å². The first-order chi connectivity index (χ1) is 16.3. The van der Waals surface area contributed by atoms with Crippen molar-refractivity contribution in [1.82, 2.24) is 9.96 Å². The number of aldehydes is 1. The van der Waals surface area contributed by atoms with Crippen LogP contribution in [-0.4, -0.2) is 61.1 Å². The Kier molecular flexibility index (Phi) is 6.06. The van der Waals surface area contributed by atoms with E-state index in [1.165, 1.54) is 0 Å². The van der Waals surface area contributed by atoms with Gasteiger partial charge in [-0.3, -0.25) is 9.74 Å². The summed E-state index contributed by atoms with van der Waals surface area (Å²) in [7, 11) is -3.73. The average molecular weight is 489 g/mol. The second kappa shape index (κ2) is 8.77. The molecule has 0 N–H and O–H groups in total. The monoisotopic (exact) mass is 488 g/mol. The van der Waals surface area contributed by atoms with E-state index in [-0.39, 0.29) is 29.3 Å². The smallest absolute Gasteiger partial charge is 0.411 e. The van der Waals surface area contributed by atoms with Crippen LogP contribution in [0.2, 0.25) is 0 Å². The lowest BCUT2D eigenvalue weighted by Crippen LogP contribution is -2.65. The van der Waals surface area contributed by atoms with Gasteiger partial charge in [0.05, 0.1) is 4.90 Å². The van der Waals surface area contributed by atoms with E-state index in [9.17, 15) is 18.0 Å². The first kappa shape index (κ1) is 23.5.